The SMILES string of the molecule is CCOC(=O)C(Oc1ccc(F)c(Br)c1)c1ccccc1. The highest BCUT2D eigenvalue weighted by Gasteiger charge is 2.24. The molecule has 1 unspecified atom stereocenters. The predicted octanol–water partition coefficient (Wildman–Crippen LogP) is 4.27. The molecule has 21 heavy (non-hydrogen) atoms. The van der Waals surface area contributed by atoms with Gasteiger partial charge in [-0.05, 0) is 41.1 Å². The van der Waals surface area contributed by atoms with E-state index < -0.39 is 17.9 Å². The van der Waals surface area contributed by atoms with Crippen LogP contribution in [0.25, 0.3) is 0 Å². The molecule has 3 nitrogen and oxygen atoms in total. The van der Waals surface area contributed by atoms with E-state index in [1.54, 1.807) is 19.1 Å². The van der Waals surface area contributed by atoms with Crippen molar-refractivity contribution in [2.24, 2.45) is 0 Å². The van der Waals surface area contributed by atoms with Gasteiger partial charge in [0.1, 0.15) is 11.6 Å². The topological polar surface area (TPSA) is 35.5 Å². The molecule has 0 N–H and O–H groups in total. The van der Waals surface area contributed by atoms with Crippen LogP contribution < -0.4 is 4.74 Å². The van der Waals surface area contributed by atoms with Crippen molar-refractivity contribution in [2.75, 3.05) is 6.61 Å². The summed E-state index contributed by atoms with van der Waals surface area (Å²) in [6.45, 7) is 1.99. The van der Waals surface area contributed by atoms with Crippen LogP contribution in [-0.4, -0.2) is 12.6 Å². The third-order valence-electron chi connectivity index (χ3n) is 2.75. The van der Waals surface area contributed by atoms with E-state index in [1.165, 1.54) is 18.2 Å². The van der Waals surface area contributed by atoms with E-state index in [2.05, 4.69) is 15.9 Å². The van der Waals surface area contributed by atoms with Gasteiger partial charge in [0.15, 0.2) is 0 Å². The summed E-state index contributed by atoms with van der Waals surface area (Å²) in [5.41, 5.74) is 0.677. The summed E-state index contributed by atoms with van der Waals surface area (Å²) in [7, 11) is 0. The molecule has 0 spiro atoms. The average molecular weight is 353 g/mol. The Balaban J connectivity index is 2.27. The van der Waals surface area contributed by atoms with Crippen molar-refractivity contribution < 1.29 is 18.7 Å². The van der Waals surface area contributed by atoms with Crippen molar-refractivity contribution in [3.8, 4) is 5.75 Å². The highest BCUT2D eigenvalue weighted by molar-refractivity contribution is 9.10. The minimum absolute atomic E-state index is 0.263. The van der Waals surface area contributed by atoms with E-state index >= 15 is 0 Å². The fraction of sp³-hybridized carbons (Fsp3) is 0.188. The van der Waals surface area contributed by atoms with E-state index in [1.807, 2.05) is 18.2 Å². The normalized spacial score (nSPS) is 11.8. The molecule has 1 atom stereocenters. The van der Waals surface area contributed by atoms with Gasteiger partial charge in [0, 0.05) is 5.56 Å². The van der Waals surface area contributed by atoms with Gasteiger partial charge in [-0.1, -0.05) is 30.3 Å². The number of benzene rings is 2. The smallest absolute Gasteiger partial charge is 0.352 e. The van der Waals surface area contributed by atoms with Crippen LogP contribution in [0.3, 0.4) is 0 Å². The van der Waals surface area contributed by atoms with Crippen LogP contribution in [0.2, 0.25) is 0 Å². The van der Waals surface area contributed by atoms with Crippen LogP contribution in [0, 0.1) is 5.82 Å². The zero-order valence-corrected chi connectivity index (χ0v) is 13.0. The molecule has 0 aliphatic carbocycles. The van der Waals surface area contributed by atoms with Gasteiger partial charge in [-0.15, -0.1) is 0 Å². The Morgan fingerprint density at radius 2 is 1.95 bits per heavy atom. The number of hydrogen-bond acceptors (Lipinski definition) is 3. The van der Waals surface area contributed by atoms with Crippen molar-refractivity contribution in [3.63, 3.8) is 0 Å². The quantitative estimate of drug-likeness (QED) is 0.753. The van der Waals surface area contributed by atoms with Gasteiger partial charge in [-0.3, -0.25) is 0 Å². The van der Waals surface area contributed by atoms with Crippen molar-refractivity contribution in [3.05, 3.63) is 64.4 Å². The Hall–Kier alpha value is -1.88. The van der Waals surface area contributed by atoms with Crippen LogP contribution in [0.15, 0.2) is 53.0 Å². The summed E-state index contributed by atoms with van der Waals surface area (Å²) in [6, 6.07) is 13.2. The molecule has 0 aliphatic rings. The number of halogens is 2. The lowest BCUT2D eigenvalue weighted by molar-refractivity contribution is -0.151. The van der Waals surface area contributed by atoms with E-state index in [4.69, 9.17) is 9.47 Å². The zero-order chi connectivity index (χ0) is 15.2. The zero-order valence-electron chi connectivity index (χ0n) is 11.4. The Bertz CT molecular complexity index is 616. The Morgan fingerprint density at radius 3 is 2.57 bits per heavy atom. The third-order valence-corrected chi connectivity index (χ3v) is 3.36. The summed E-state index contributed by atoms with van der Waals surface area (Å²) in [5, 5.41) is 0. The molecule has 2 aromatic carbocycles. The molecule has 110 valence electrons. The van der Waals surface area contributed by atoms with Crippen LogP contribution in [0.1, 0.15) is 18.6 Å². The molecule has 5 heteroatoms. The molecule has 0 saturated heterocycles. The summed E-state index contributed by atoms with van der Waals surface area (Å²) < 4.78 is 24.2. The monoisotopic (exact) mass is 352 g/mol. The van der Waals surface area contributed by atoms with Crippen LogP contribution in [-0.2, 0) is 9.53 Å². The Labute approximate surface area is 130 Å². The summed E-state index contributed by atoms with van der Waals surface area (Å²) in [5.74, 6) is -0.496. The number of rotatable bonds is 5. The molecule has 2 aromatic rings. The second kappa shape index (κ2) is 7.22. The molecule has 0 aliphatic heterocycles. The third kappa shape index (κ3) is 4.04. The molecule has 0 aromatic heterocycles. The highest BCUT2D eigenvalue weighted by atomic mass is 79.9. The average Bonchev–Trinajstić information content (AvgIpc) is 2.49. The standard InChI is InChI=1S/C16H14BrFO3/c1-2-20-16(19)15(11-6-4-3-5-7-11)21-12-8-9-14(18)13(17)10-12/h3-10,15H,2H2,1H3. The molecule has 0 saturated carbocycles. The first kappa shape index (κ1) is 15.5. The van der Waals surface area contributed by atoms with Crippen LogP contribution in [0.5, 0.6) is 5.75 Å². The van der Waals surface area contributed by atoms with Crippen molar-refractivity contribution in [2.45, 2.75) is 13.0 Å². The van der Waals surface area contributed by atoms with Crippen molar-refractivity contribution >= 4 is 21.9 Å². The minimum atomic E-state index is -0.886. The molecule has 0 heterocycles. The maximum Gasteiger partial charge on any atom is 0.352 e. The maximum atomic E-state index is 13.2. The highest BCUT2D eigenvalue weighted by Crippen LogP contribution is 2.27. The maximum absolute atomic E-state index is 13.2. The van der Waals surface area contributed by atoms with Gasteiger partial charge >= 0.3 is 5.97 Å². The molecule has 0 amide bonds. The molecular formula is C16H14BrFO3. The second-order valence-corrected chi connectivity index (χ2v) is 5.09. The number of ether oxygens (including phenoxy) is 2. The number of carbonyl (C=O) groups is 1. The lowest BCUT2D eigenvalue weighted by atomic mass is 10.1. The van der Waals surface area contributed by atoms with Gasteiger partial charge in [0.05, 0.1) is 11.1 Å². The van der Waals surface area contributed by atoms with E-state index in [-0.39, 0.29) is 11.1 Å². The lowest BCUT2D eigenvalue weighted by Crippen LogP contribution is -2.21. The number of carbonyl (C=O) groups excluding carboxylic acids is 1. The van der Waals surface area contributed by atoms with E-state index in [9.17, 15) is 9.18 Å². The van der Waals surface area contributed by atoms with Crippen LogP contribution in [0.4, 0.5) is 4.39 Å². The van der Waals surface area contributed by atoms with Crippen molar-refractivity contribution in [1.82, 2.24) is 0 Å². The summed E-state index contributed by atoms with van der Waals surface area (Å²) in [6.07, 6.45) is -0.886. The summed E-state index contributed by atoms with van der Waals surface area (Å²) >= 11 is 3.09. The lowest BCUT2D eigenvalue weighted by Gasteiger charge is -2.18. The Morgan fingerprint density at radius 1 is 1.24 bits per heavy atom. The molecule has 0 fully saturated rings. The van der Waals surface area contributed by atoms with Gasteiger partial charge < -0.3 is 9.47 Å². The fourth-order valence-electron chi connectivity index (χ4n) is 1.78. The predicted molar refractivity (Wildman–Crippen MR) is 80.5 cm³/mol. The van der Waals surface area contributed by atoms with Gasteiger partial charge in [-0.25, -0.2) is 9.18 Å². The largest absolute Gasteiger partial charge is 0.474 e. The second-order valence-electron chi connectivity index (χ2n) is 4.24. The van der Waals surface area contributed by atoms with Crippen molar-refractivity contribution in [1.29, 1.82) is 0 Å². The summed E-state index contributed by atoms with van der Waals surface area (Å²) in [4.78, 5) is 12.1. The molecule has 2 rings (SSSR count). The first-order valence-corrected chi connectivity index (χ1v) is 7.24. The first-order chi connectivity index (χ1) is 10.1. The first-order valence-electron chi connectivity index (χ1n) is 6.45. The van der Waals surface area contributed by atoms with E-state index in [0.717, 1.165) is 0 Å². The molecule has 0 bridgehead atoms. The van der Waals surface area contributed by atoms with Gasteiger partial charge in [0.25, 0.3) is 0 Å². The van der Waals surface area contributed by atoms with Gasteiger partial charge in [-0.2, -0.15) is 0 Å². The fourth-order valence-corrected chi connectivity index (χ4v) is 2.14. The Kier molecular flexibility index (Phi) is 5.33. The number of esters is 1. The number of hydrogen-bond donors (Lipinski definition) is 0. The molecular weight excluding hydrogens is 339 g/mol. The minimum Gasteiger partial charge on any atom is -0.474 e. The van der Waals surface area contributed by atoms with E-state index in [0.29, 0.717) is 11.3 Å². The molecule has 0 radical (unpaired) electrons. The van der Waals surface area contributed by atoms with Crippen LogP contribution >= 0.6 is 15.9 Å². The van der Waals surface area contributed by atoms with Gasteiger partial charge in [0.2, 0.25) is 6.10 Å².